The smallest absolute Gasteiger partial charge is 0.243 e. The summed E-state index contributed by atoms with van der Waals surface area (Å²) >= 11 is 0. The van der Waals surface area contributed by atoms with Crippen molar-refractivity contribution in [3.63, 3.8) is 0 Å². The molecule has 1 fully saturated rings. The molecule has 0 aliphatic carbocycles. The Morgan fingerprint density at radius 1 is 0.906 bits per heavy atom. The molecule has 0 amide bonds. The van der Waals surface area contributed by atoms with Crippen LogP contribution in [-0.2, 0) is 26.6 Å². The lowest BCUT2D eigenvalue weighted by molar-refractivity contribution is 0.346. The standard InChI is InChI=1S/C21H25N5O4S2/c1-17-22-11-14-26(17)21-15-18(9-10-23-21)16-24-31(27,28)19-5-7-20(8-6-19)32(29,30)25-12-3-2-4-13-25/h5-11,14-15,24H,2-4,12-13,16H2,1H3. The van der Waals surface area contributed by atoms with Crippen molar-refractivity contribution in [1.82, 2.24) is 23.6 Å². The molecule has 1 saturated heterocycles. The molecule has 0 unspecified atom stereocenters. The highest BCUT2D eigenvalue weighted by molar-refractivity contribution is 7.89. The van der Waals surface area contributed by atoms with Crippen LogP contribution in [0.1, 0.15) is 30.7 Å². The van der Waals surface area contributed by atoms with E-state index in [0.29, 0.717) is 18.9 Å². The Morgan fingerprint density at radius 3 is 2.25 bits per heavy atom. The van der Waals surface area contributed by atoms with E-state index in [0.717, 1.165) is 30.7 Å². The number of pyridine rings is 1. The van der Waals surface area contributed by atoms with Crippen LogP contribution in [0.3, 0.4) is 0 Å². The Morgan fingerprint density at radius 2 is 1.59 bits per heavy atom. The number of nitrogens with zero attached hydrogens (tertiary/aromatic N) is 4. The zero-order chi connectivity index (χ0) is 22.8. The minimum Gasteiger partial charge on any atom is -0.288 e. The lowest BCUT2D eigenvalue weighted by Gasteiger charge is -2.25. The van der Waals surface area contributed by atoms with Crippen LogP contribution in [0.25, 0.3) is 5.82 Å². The number of aryl methyl sites for hydroxylation is 1. The Hall–Kier alpha value is -2.60. The Labute approximate surface area is 188 Å². The minimum absolute atomic E-state index is 0.00910. The van der Waals surface area contributed by atoms with Gasteiger partial charge in [-0.05, 0) is 61.7 Å². The van der Waals surface area contributed by atoms with Gasteiger partial charge in [-0.3, -0.25) is 4.57 Å². The van der Waals surface area contributed by atoms with E-state index in [1.54, 1.807) is 35.3 Å². The molecule has 170 valence electrons. The summed E-state index contributed by atoms with van der Waals surface area (Å²) in [5.41, 5.74) is 0.732. The van der Waals surface area contributed by atoms with Crippen LogP contribution >= 0.6 is 0 Å². The van der Waals surface area contributed by atoms with E-state index in [-0.39, 0.29) is 16.3 Å². The molecule has 9 nitrogen and oxygen atoms in total. The van der Waals surface area contributed by atoms with E-state index < -0.39 is 20.0 Å². The Bertz CT molecular complexity index is 1300. The number of nitrogens with one attached hydrogen (secondary N) is 1. The number of piperidine rings is 1. The van der Waals surface area contributed by atoms with Crippen LogP contribution in [0, 0.1) is 6.92 Å². The van der Waals surface area contributed by atoms with Crippen molar-refractivity contribution in [2.24, 2.45) is 0 Å². The van der Waals surface area contributed by atoms with E-state index >= 15 is 0 Å². The highest BCUT2D eigenvalue weighted by atomic mass is 32.2. The summed E-state index contributed by atoms with van der Waals surface area (Å²) in [6.07, 6.45) is 7.76. The number of benzene rings is 1. The molecular weight excluding hydrogens is 450 g/mol. The van der Waals surface area contributed by atoms with Gasteiger partial charge in [-0.2, -0.15) is 4.31 Å². The van der Waals surface area contributed by atoms with E-state index in [9.17, 15) is 16.8 Å². The van der Waals surface area contributed by atoms with Crippen LogP contribution in [0.15, 0.2) is 64.8 Å². The second kappa shape index (κ2) is 9.10. The molecule has 11 heteroatoms. The summed E-state index contributed by atoms with van der Waals surface area (Å²) in [4.78, 5) is 8.58. The fourth-order valence-electron chi connectivity index (χ4n) is 3.63. The Kier molecular flexibility index (Phi) is 6.42. The third kappa shape index (κ3) is 4.75. The molecule has 4 rings (SSSR count). The molecule has 0 saturated carbocycles. The summed E-state index contributed by atoms with van der Waals surface area (Å²) in [6.45, 7) is 2.92. The average Bonchev–Trinajstić information content (AvgIpc) is 3.24. The van der Waals surface area contributed by atoms with Crippen LogP contribution in [0.4, 0.5) is 0 Å². The van der Waals surface area contributed by atoms with E-state index in [1.165, 1.54) is 28.6 Å². The van der Waals surface area contributed by atoms with Gasteiger partial charge in [0.25, 0.3) is 0 Å². The molecule has 3 aromatic rings. The number of rotatable bonds is 7. The van der Waals surface area contributed by atoms with Gasteiger partial charge in [0.1, 0.15) is 11.6 Å². The minimum atomic E-state index is -3.82. The third-order valence-corrected chi connectivity index (χ3v) is 8.77. The topological polar surface area (TPSA) is 114 Å². The fraction of sp³-hybridized carbons (Fsp3) is 0.333. The van der Waals surface area contributed by atoms with Crippen molar-refractivity contribution < 1.29 is 16.8 Å². The average molecular weight is 476 g/mol. The van der Waals surface area contributed by atoms with E-state index in [1.807, 2.05) is 6.92 Å². The van der Waals surface area contributed by atoms with Crippen molar-refractivity contribution in [2.45, 2.75) is 42.5 Å². The van der Waals surface area contributed by atoms with Crippen molar-refractivity contribution in [1.29, 1.82) is 0 Å². The van der Waals surface area contributed by atoms with Crippen molar-refractivity contribution in [3.8, 4) is 5.82 Å². The fourth-order valence-corrected chi connectivity index (χ4v) is 6.16. The predicted octanol–water partition coefficient (Wildman–Crippen LogP) is 2.23. The number of aromatic nitrogens is 3. The van der Waals surface area contributed by atoms with Gasteiger partial charge in [0.2, 0.25) is 20.0 Å². The molecule has 32 heavy (non-hydrogen) atoms. The van der Waals surface area contributed by atoms with Crippen molar-refractivity contribution in [2.75, 3.05) is 13.1 Å². The highest BCUT2D eigenvalue weighted by Gasteiger charge is 2.26. The second-order valence-corrected chi connectivity index (χ2v) is 11.3. The first-order valence-electron chi connectivity index (χ1n) is 10.3. The molecule has 1 N–H and O–H groups in total. The molecule has 2 aromatic heterocycles. The lowest BCUT2D eigenvalue weighted by atomic mass is 10.2. The molecule has 0 atom stereocenters. The molecular formula is C21H25N5O4S2. The number of sulfonamides is 2. The molecule has 1 aliphatic rings. The first-order valence-corrected chi connectivity index (χ1v) is 13.2. The van der Waals surface area contributed by atoms with Gasteiger partial charge >= 0.3 is 0 Å². The maximum atomic E-state index is 12.8. The predicted molar refractivity (Wildman–Crippen MR) is 119 cm³/mol. The van der Waals surface area contributed by atoms with Crippen LogP contribution in [0.5, 0.6) is 0 Å². The van der Waals surface area contributed by atoms with Gasteiger partial charge in [0.15, 0.2) is 0 Å². The van der Waals surface area contributed by atoms with E-state index in [2.05, 4.69) is 14.7 Å². The van der Waals surface area contributed by atoms with Gasteiger partial charge in [-0.15, -0.1) is 0 Å². The van der Waals surface area contributed by atoms with Crippen LogP contribution in [-0.4, -0.2) is 48.8 Å². The largest absolute Gasteiger partial charge is 0.288 e. The van der Waals surface area contributed by atoms with Crippen molar-refractivity contribution >= 4 is 20.0 Å². The Balaban J connectivity index is 1.47. The number of imidazole rings is 1. The first kappa shape index (κ1) is 22.6. The maximum absolute atomic E-state index is 12.8. The lowest BCUT2D eigenvalue weighted by Crippen LogP contribution is -2.35. The molecule has 1 aliphatic heterocycles. The zero-order valence-corrected chi connectivity index (χ0v) is 19.3. The first-order chi connectivity index (χ1) is 15.3. The summed E-state index contributed by atoms with van der Waals surface area (Å²) in [5.74, 6) is 1.42. The number of hydrogen-bond acceptors (Lipinski definition) is 6. The molecule has 0 spiro atoms. The zero-order valence-electron chi connectivity index (χ0n) is 17.7. The highest BCUT2D eigenvalue weighted by Crippen LogP contribution is 2.22. The van der Waals surface area contributed by atoms with E-state index in [4.69, 9.17) is 0 Å². The second-order valence-electron chi connectivity index (χ2n) is 7.63. The van der Waals surface area contributed by atoms with Gasteiger partial charge in [0, 0.05) is 38.2 Å². The third-order valence-electron chi connectivity index (χ3n) is 5.44. The SMILES string of the molecule is Cc1nccn1-c1cc(CNS(=O)(=O)c2ccc(S(=O)(=O)N3CCCCC3)cc2)ccn1. The van der Waals surface area contributed by atoms with Crippen molar-refractivity contribution in [3.05, 3.63) is 66.4 Å². The normalized spacial score (nSPS) is 15.7. The monoisotopic (exact) mass is 475 g/mol. The molecule has 0 radical (unpaired) electrons. The van der Waals surface area contributed by atoms with Crippen LogP contribution < -0.4 is 4.72 Å². The summed E-state index contributed by atoms with van der Waals surface area (Å²) < 4.78 is 56.8. The summed E-state index contributed by atoms with van der Waals surface area (Å²) in [6, 6.07) is 8.87. The van der Waals surface area contributed by atoms with Gasteiger partial charge in [0.05, 0.1) is 9.79 Å². The molecule has 3 heterocycles. The quantitative estimate of drug-likeness (QED) is 0.560. The van der Waals surface area contributed by atoms with Gasteiger partial charge in [-0.1, -0.05) is 6.42 Å². The van der Waals surface area contributed by atoms with Gasteiger partial charge < -0.3 is 0 Å². The molecule has 0 bridgehead atoms. The molecule has 1 aromatic carbocycles. The summed E-state index contributed by atoms with van der Waals surface area (Å²) in [7, 11) is -7.42. The maximum Gasteiger partial charge on any atom is 0.243 e. The summed E-state index contributed by atoms with van der Waals surface area (Å²) in [5, 5.41) is 0. The van der Waals surface area contributed by atoms with Gasteiger partial charge in [-0.25, -0.2) is 31.5 Å². The number of hydrogen-bond donors (Lipinski definition) is 1. The van der Waals surface area contributed by atoms with Crippen LogP contribution in [0.2, 0.25) is 0 Å².